The number of rotatable bonds is 9. The average Bonchev–Trinajstić information content (AvgIpc) is 3.28. The number of carboxylic acids is 1. The van der Waals surface area contributed by atoms with Gasteiger partial charge in [0.05, 0.1) is 35.4 Å². The van der Waals surface area contributed by atoms with Crippen LogP contribution in [0.25, 0.3) is 0 Å². The van der Waals surface area contributed by atoms with E-state index in [1.54, 1.807) is 6.92 Å². The minimum atomic E-state index is -0.671. The summed E-state index contributed by atoms with van der Waals surface area (Å²) in [6, 6.07) is 0. The lowest BCUT2D eigenvalue weighted by molar-refractivity contribution is -0.150. The van der Waals surface area contributed by atoms with Gasteiger partial charge in [-0.3, -0.25) is 9.59 Å². The van der Waals surface area contributed by atoms with Crippen LogP contribution in [-0.4, -0.2) is 32.5 Å². The molecule has 2 aromatic heterocycles. The molecule has 2 N–H and O–H groups in total. The van der Waals surface area contributed by atoms with Gasteiger partial charge in [-0.1, -0.05) is 38.0 Å². The highest BCUT2D eigenvalue weighted by molar-refractivity contribution is 5.72. The molecular weight excluding hydrogens is 428 g/mol. The maximum atomic E-state index is 11.6. The van der Waals surface area contributed by atoms with Crippen molar-refractivity contribution in [2.24, 2.45) is 11.8 Å². The predicted octanol–water partition coefficient (Wildman–Crippen LogP) is 5.06. The van der Waals surface area contributed by atoms with Crippen molar-refractivity contribution in [3.05, 3.63) is 34.0 Å². The number of aryl methyl sites for hydroxylation is 4. The second-order valence-corrected chi connectivity index (χ2v) is 7.74. The van der Waals surface area contributed by atoms with E-state index in [9.17, 15) is 9.59 Å². The largest absolute Gasteiger partial charge is 0.481 e. The van der Waals surface area contributed by atoms with Crippen LogP contribution in [0.5, 0.6) is 0 Å². The van der Waals surface area contributed by atoms with Gasteiger partial charge in [-0.25, -0.2) is 0 Å². The Morgan fingerprint density at radius 2 is 1.24 bits per heavy atom. The molecule has 0 amide bonds. The molecule has 0 aliphatic carbocycles. The highest BCUT2D eigenvalue weighted by atomic mass is 16.5. The van der Waals surface area contributed by atoms with Crippen LogP contribution in [0, 0.1) is 39.5 Å². The van der Waals surface area contributed by atoms with Gasteiger partial charge >= 0.3 is 11.9 Å². The standard InChI is InChI=1S/C12H19NO3.C6H9NO2.C6H12O2/c1-5-10(6-2)12(14)15-7-11-8(3)13-16-9(11)4;1-4-6(3-8)5(2)9-7-4;1-3-5(4-2)6(7)8/h10H,5-7H2,1-4H3;8H,3H2,1-2H3;5H,3-4H2,1-2H3,(H,7,8). The molecule has 2 rings (SSSR count). The first-order valence-corrected chi connectivity index (χ1v) is 11.4. The molecule has 33 heavy (non-hydrogen) atoms. The first-order valence-electron chi connectivity index (χ1n) is 11.4. The summed E-state index contributed by atoms with van der Waals surface area (Å²) in [7, 11) is 0. The molecule has 2 aromatic rings. The maximum Gasteiger partial charge on any atom is 0.309 e. The van der Waals surface area contributed by atoms with E-state index in [4.69, 9.17) is 24.0 Å². The van der Waals surface area contributed by atoms with E-state index in [0.717, 1.165) is 54.0 Å². The molecule has 2 heterocycles. The lowest BCUT2D eigenvalue weighted by Gasteiger charge is -2.11. The molecular formula is C24H40N2O7. The molecule has 0 atom stereocenters. The summed E-state index contributed by atoms with van der Waals surface area (Å²) in [6.45, 7) is 15.3. The molecule has 0 aliphatic heterocycles. The summed E-state index contributed by atoms with van der Waals surface area (Å²) < 4.78 is 15.0. The third kappa shape index (κ3) is 10.2. The van der Waals surface area contributed by atoms with E-state index in [-0.39, 0.29) is 31.0 Å². The monoisotopic (exact) mass is 468 g/mol. The Morgan fingerprint density at radius 3 is 1.48 bits per heavy atom. The van der Waals surface area contributed by atoms with E-state index in [1.807, 2.05) is 48.5 Å². The van der Waals surface area contributed by atoms with Crippen LogP contribution in [0.1, 0.15) is 87.4 Å². The Balaban J connectivity index is 0.000000511. The van der Waals surface area contributed by atoms with Crippen molar-refractivity contribution in [1.82, 2.24) is 10.3 Å². The molecule has 0 radical (unpaired) electrons. The smallest absolute Gasteiger partial charge is 0.309 e. The summed E-state index contributed by atoms with van der Waals surface area (Å²) >= 11 is 0. The minimum Gasteiger partial charge on any atom is -0.481 e. The molecule has 9 nitrogen and oxygen atoms in total. The SMILES string of the molecule is CCC(CC)C(=O)O.CCC(CC)C(=O)OCc1c(C)noc1C.Cc1noc(C)c1CO. The van der Waals surface area contributed by atoms with E-state index < -0.39 is 5.97 Å². The summed E-state index contributed by atoms with van der Waals surface area (Å²) in [5.74, 6) is 0.486. The van der Waals surface area contributed by atoms with Crippen LogP contribution in [0.15, 0.2) is 9.05 Å². The topological polar surface area (TPSA) is 136 Å². The molecule has 9 heteroatoms. The second kappa shape index (κ2) is 16.0. The number of hydrogen-bond donors (Lipinski definition) is 2. The number of aliphatic carboxylic acids is 1. The Kier molecular flexibility index (Phi) is 14.7. The van der Waals surface area contributed by atoms with Crippen LogP contribution >= 0.6 is 0 Å². The lowest BCUT2D eigenvalue weighted by atomic mass is 10.0. The Labute approximate surface area is 196 Å². The molecule has 0 aliphatic rings. The van der Waals surface area contributed by atoms with Crippen LogP contribution in [0.2, 0.25) is 0 Å². The molecule has 0 unspecified atom stereocenters. The average molecular weight is 469 g/mol. The quantitative estimate of drug-likeness (QED) is 0.484. The van der Waals surface area contributed by atoms with E-state index in [0.29, 0.717) is 5.76 Å². The molecule has 0 saturated heterocycles. The Hall–Kier alpha value is -2.68. The van der Waals surface area contributed by atoms with Crippen molar-refractivity contribution < 1.29 is 33.6 Å². The van der Waals surface area contributed by atoms with Gasteiger partial charge in [0.2, 0.25) is 0 Å². The third-order valence-corrected chi connectivity index (χ3v) is 5.53. The van der Waals surface area contributed by atoms with Crippen molar-refractivity contribution in [3.8, 4) is 0 Å². The Bertz CT molecular complexity index is 795. The van der Waals surface area contributed by atoms with Gasteiger partial charge in [-0.2, -0.15) is 0 Å². The molecule has 188 valence electrons. The van der Waals surface area contributed by atoms with Crippen LogP contribution in [0.4, 0.5) is 0 Å². The molecule has 0 aromatic carbocycles. The number of carboxylic acid groups (broad SMARTS) is 1. The maximum absolute atomic E-state index is 11.6. The summed E-state index contributed by atoms with van der Waals surface area (Å²) in [5, 5.41) is 24.5. The number of aromatic nitrogens is 2. The minimum absolute atomic E-state index is 0.000437. The van der Waals surface area contributed by atoms with Crippen molar-refractivity contribution in [2.75, 3.05) is 0 Å². The highest BCUT2D eigenvalue weighted by Crippen LogP contribution is 2.16. The van der Waals surface area contributed by atoms with Gasteiger partial charge in [0.15, 0.2) is 0 Å². The van der Waals surface area contributed by atoms with Crippen molar-refractivity contribution in [3.63, 3.8) is 0 Å². The van der Waals surface area contributed by atoms with Crippen LogP contribution in [0.3, 0.4) is 0 Å². The lowest BCUT2D eigenvalue weighted by Crippen LogP contribution is -2.16. The van der Waals surface area contributed by atoms with Gasteiger partial charge in [0.1, 0.15) is 18.1 Å². The summed E-state index contributed by atoms with van der Waals surface area (Å²) in [5.41, 5.74) is 3.24. The predicted molar refractivity (Wildman–Crippen MR) is 123 cm³/mol. The molecule has 0 saturated carbocycles. The number of carbonyl (C=O) groups is 2. The van der Waals surface area contributed by atoms with Crippen LogP contribution < -0.4 is 0 Å². The number of hydrogen-bond acceptors (Lipinski definition) is 8. The number of aliphatic hydroxyl groups excluding tert-OH is 1. The number of nitrogens with zero attached hydrogens (tertiary/aromatic N) is 2. The normalized spacial score (nSPS) is 10.4. The first-order chi connectivity index (χ1) is 15.6. The zero-order chi connectivity index (χ0) is 25.6. The van der Waals surface area contributed by atoms with Crippen LogP contribution in [-0.2, 0) is 27.5 Å². The highest BCUT2D eigenvalue weighted by Gasteiger charge is 2.17. The Morgan fingerprint density at radius 1 is 0.818 bits per heavy atom. The summed E-state index contributed by atoms with van der Waals surface area (Å²) in [6.07, 6.45) is 3.12. The van der Waals surface area contributed by atoms with E-state index in [1.165, 1.54) is 0 Å². The van der Waals surface area contributed by atoms with Crippen molar-refractivity contribution in [2.45, 2.75) is 94.3 Å². The number of esters is 1. The fourth-order valence-corrected chi connectivity index (χ4v) is 2.96. The van der Waals surface area contributed by atoms with Gasteiger partial charge in [-0.15, -0.1) is 0 Å². The second-order valence-electron chi connectivity index (χ2n) is 7.74. The zero-order valence-corrected chi connectivity index (χ0v) is 21.2. The number of carbonyl (C=O) groups excluding carboxylic acids is 1. The fourth-order valence-electron chi connectivity index (χ4n) is 2.96. The third-order valence-electron chi connectivity index (χ3n) is 5.53. The van der Waals surface area contributed by atoms with E-state index in [2.05, 4.69) is 10.3 Å². The van der Waals surface area contributed by atoms with Crippen molar-refractivity contribution >= 4 is 11.9 Å². The number of ether oxygens (including phenoxy) is 1. The molecule has 0 fully saturated rings. The fraction of sp³-hybridized carbons (Fsp3) is 0.667. The van der Waals surface area contributed by atoms with Crippen molar-refractivity contribution in [1.29, 1.82) is 0 Å². The summed E-state index contributed by atoms with van der Waals surface area (Å²) in [4.78, 5) is 21.8. The van der Waals surface area contributed by atoms with Gasteiger partial charge in [0.25, 0.3) is 0 Å². The van der Waals surface area contributed by atoms with Gasteiger partial charge in [-0.05, 0) is 53.4 Å². The molecule has 0 spiro atoms. The first kappa shape index (κ1) is 30.3. The van der Waals surface area contributed by atoms with Gasteiger partial charge in [0, 0.05) is 5.56 Å². The van der Waals surface area contributed by atoms with E-state index >= 15 is 0 Å². The van der Waals surface area contributed by atoms with Gasteiger partial charge < -0.3 is 24.0 Å². The zero-order valence-electron chi connectivity index (χ0n) is 21.2. The molecule has 0 bridgehead atoms. The number of aliphatic hydroxyl groups is 1.